The number of halogens is 2. The molecule has 3 N–H and O–H groups in total. The zero-order valence-electron chi connectivity index (χ0n) is 13.6. The smallest absolute Gasteiger partial charge is 0.259 e. The lowest BCUT2D eigenvalue weighted by molar-refractivity contribution is 0.896. The number of rotatable bonds is 2. The van der Waals surface area contributed by atoms with Crippen molar-refractivity contribution in [1.82, 2.24) is 9.55 Å². The second kappa shape index (κ2) is 6.13. The van der Waals surface area contributed by atoms with Gasteiger partial charge in [-0.25, -0.2) is 0 Å². The zero-order valence-corrected chi connectivity index (χ0v) is 16.0. The zero-order chi connectivity index (χ0) is 18.6. The van der Waals surface area contributed by atoms with Crippen LogP contribution < -0.4 is 11.3 Å². The Bertz CT molecular complexity index is 1270. The number of H-pyrrole nitrogens is 1. The number of fused-ring (bicyclic) bond motifs is 3. The highest BCUT2D eigenvalue weighted by molar-refractivity contribution is 7.80. The maximum Gasteiger partial charge on any atom is 0.259 e. The first kappa shape index (κ1) is 17.1. The third kappa shape index (κ3) is 2.60. The molecule has 130 valence electrons. The molecule has 0 saturated heterocycles. The molecule has 0 saturated carbocycles. The van der Waals surface area contributed by atoms with Crippen molar-refractivity contribution in [2.24, 2.45) is 12.8 Å². The van der Waals surface area contributed by atoms with E-state index in [0.717, 1.165) is 27.5 Å². The van der Waals surface area contributed by atoms with Gasteiger partial charge in [-0.2, -0.15) is 0 Å². The predicted octanol–water partition coefficient (Wildman–Crippen LogP) is 4.63. The van der Waals surface area contributed by atoms with Gasteiger partial charge in [0.05, 0.1) is 5.02 Å². The van der Waals surface area contributed by atoms with Gasteiger partial charge in [0, 0.05) is 45.0 Å². The molecule has 0 atom stereocenters. The van der Waals surface area contributed by atoms with Gasteiger partial charge >= 0.3 is 0 Å². The first-order valence-corrected chi connectivity index (χ1v) is 8.94. The number of aromatic nitrogens is 2. The fourth-order valence-corrected chi connectivity index (χ4v) is 3.79. The molecule has 0 spiro atoms. The Morgan fingerprint density at radius 3 is 2.54 bits per heavy atom. The van der Waals surface area contributed by atoms with Crippen molar-refractivity contribution < 1.29 is 0 Å². The van der Waals surface area contributed by atoms with Crippen LogP contribution in [-0.2, 0) is 7.05 Å². The first-order chi connectivity index (χ1) is 12.4. The average molecular weight is 402 g/mol. The molecule has 2 aromatic heterocycles. The van der Waals surface area contributed by atoms with Crippen LogP contribution >= 0.6 is 35.4 Å². The second-order valence-electron chi connectivity index (χ2n) is 6.06. The van der Waals surface area contributed by atoms with Crippen molar-refractivity contribution in [1.29, 1.82) is 0 Å². The molecule has 4 nitrogen and oxygen atoms in total. The molecule has 0 aliphatic rings. The molecule has 0 radical (unpaired) electrons. The molecule has 4 aromatic rings. The summed E-state index contributed by atoms with van der Waals surface area (Å²) in [7, 11) is 1.72. The molecule has 2 aromatic carbocycles. The van der Waals surface area contributed by atoms with Gasteiger partial charge in [-0.15, -0.1) is 0 Å². The SMILES string of the molecule is Cn1c(=O)c(-c2ccc(Cl)cc2Cl)cc2c3cc(C(N)=S)ccc3[nH]c21. The summed E-state index contributed by atoms with van der Waals surface area (Å²) >= 11 is 17.4. The number of aryl methyl sites for hydroxylation is 1. The van der Waals surface area contributed by atoms with Crippen LogP contribution in [0.1, 0.15) is 5.56 Å². The van der Waals surface area contributed by atoms with E-state index in [0.29, 0.717) is 26.2 Å². The average Bonchev–Trinajstić information content (AvgIpc) is 2.96. The highest BCUT2D eigenvalue weighted by Gasteiger charge is 2.16. The van der Waals surface area contributed by atoms with Crippen molar-refractivity contribution >= 4 is 62.3 Å². The molecule has 0 amide bonds. The second-order valence-corrected chi connectivity index (χ2v) is 7.34. The van der Waals surface area contributed by atoms with E-state index < -0.39 is 0 Å². The van der Waals surface area contributed by atoms with Crippen LogP contribution in [0.4, 0.5) is 0 Å². The van der Waals surface area contributed by atoms with E-state index in [2.05, 4.69) is 4.98 Å². The summed E-state index contributed by atoms with van der Waals surface area (Å²) in [5.74, 6) is 0. The van der Waals surface area contributed by atoms with E-state index in [4.69, 9.17) is 41.2 Å². The Hall–Kier alpha value is -2.34. The van der Waals surface area contributed by atoms with Gasteiger partial charge in [-0.05, 0) is 36.4 Å². The number of pyridine rings is 1. The minimum atomic E-state index is -0.150. The molecule has 4 rings (SSSR count). The van der Waals surface area contributed by atoms with Crippen LogP contribution in [0.3, 0.4) is 0 Å². The van der Waals surface area contributed by atoms with Gasteiger partial charge in [-0.3, -0.25) is 9.36 Å². The van der Waals surface area contributed by atoms with Crippen LogP contribution in [-0.4, -0.2) is 14.5 Å². The molecule has 0 fully saturated rings. The molecular formula is C19H13Cl2N3OS. The molecule has 0 aliphatic carbocycles. The van der Waals surface area contributed by atoms with Gasteiger partial charge in [0.2, 0.25) is 0 Å². The normalized spacial score (nSPS) is 11.3. The van der Waals surface area contributed by atoms with Crippen molar-refractivity contribution in [3.05, 3.63) is 68.4 Å². The Morgan fingerprint density at radius 2 is 1.85 bits per heavy atom. The Morgan fingerprint density at radius 1 is 1.08 bits per heavy atom. The van der Waals surface area contributed by atoms with Crippen LogP contribution in [0.2, 0.25) is 10.0 Å². The Kier molecular flexibility index (Phi) is 4.03. The maximum absolute atomic E-state index is 12.9. The number of aromatic amines is 1. The Labute approximate surface area is 164 Å². The van der Waals surface area contributed by atoms with E-state index in [1.807, 2.05) is 24.3 Å². The minimum absolute atomic E-state index is 0.150. The summed E-state index contributed by atoms with van der Waals surface area (Å²) in [6.07, 6.45) is 0. The molecule has 0 aliphatic heterocycles. The van der Waals surface area contributed by atoms with Gasteiger partial charge in [0.1, 0.15) is 10.6 Å². The third-order valence-corrected chi connectivity index (χ3v) is 5.27. The van der Waals surface area contributed by atoms with Crippen LogP contribution in [0.25, 0.3) is 33.1 Å². The predicted molar refractivity (Wildman–Crippen MR) is 112 cm³/mol. The van der Waals surface area contributed by atoms with Crippen molar-refractivity contribution in [3.8, 4) is 11.1 Å². The van der Waals surface area contributed by atoms with Gasteiger partial charge in [0.15, 0.2) is 0 Å². The number of thiocarbonyl (C=S) groups is 1. The van der Waals surface area contributed by atoms with Crippen LogP contribution in [0, 0.1) is 0 Å². The molecule has 2 heterocycles. The number of benzene rings is 2. The van der Waals surface area contributed by atoms with Crippen LogP contribution in [0.5, 0.6) is 0 Å². The van der Waals surface area contributed by atoms with Crippen molar-refractivity contribution in [3.63, 3.8) is 0 Å². The lowest BCUT2D eigenvalue weighted by atomic mass is 10.0. The monoisotopic (exact) mass is 401 g/mol. The third-order valence-electron chi connectivity index (χ3n) is 4.48. The fraction of sp³-hybridized carbons (Fsp3) is 0.0526. The quantitative estimate of drug-likeness (QED) is 0.481. The summed E-state index contributed by atoms with van der Waals surface area (Å²) in [6.45, 7) is 0. The standard InChI is InChI=1S/C19H13Cl2N3OS/c1-24-18-13(12-6-9(17(22)26)2-5-16(12)23-18)8-14(19(24)25)11-4-3-10(20)7-15(11)21/h2-8,23H,1H3,(H2,22,26). The highest BCUT2D eigenvalue weighted by Crippen LogP contribution is 2.32. The number of nitrogens with one attached hydrogen (secondary N) is 1. The van der Waals surface area contributed by atoms with E-state index in [1.165, 1.54) is 0 Å². The number of hydrogen-bond acceptors (Lipinski definition) is 2. The molecule has 26 heavy (non-hydrogen) atoms. The highest BCUT2D eigenvalue weighted by atomic mass is 35.5. The molecule has 0 bridgehead atoms. The lowest BCUT2D eigenvalue weighted by Gasteiger charge is -2.08. The molecule has 0 unspecified atom stereocenters. The minimum Gasteiger partial charge on any atom is -0.389 e. The largest absolute Gasteiger partial charge is 0.389 e. The summed E-state index contributed by atoms with van der Waals surface area (Å²) in [5, 5.41) is 2.77. The first-order valence-electron chi connectivity index (χ1n) is 7.77. The Balaban J connectivity index is 2.10. The van der Waals surface area contributed by atoms with Crippen LogP contribution in [0.15, 0.2) is 47.3 Å². The summed E-state index contributed by atoms with van der Waals surface area (Å²) < 4.78 is 1.58. The van der Waals surface area contributed by atoms with Crippen molar-refractivity contribution in [2.45, 2.75) is 0 Å². The van der Waals surface area contributed by atoms with E-state index in [-0.39, 0.29) is 5.56 Å². The van der Waals surface area contributed by atoms with Crippen molar-refractivity contribution in [2.75, 3.05) is 0 Å². The van der Waals surface area contributed by atoms with E-state index in [9.17, 15) is 4.79 Å². The summed E-state index contributed by atoms with van der Waals surface area (Å²) in [5.41, 5.74) is 9.14. The fourth-order valence-electron chi connectivity index (χ4n) is 3.15. The maximum atomic E-state index is 12.9. The molecular weight excluding hydrogens is 389 g/mol. The van der Waals surface area contributed by atoms with Gasteiger partial charge in [-0.1, -0.05) is 41.5 Å². The summed E-state index contributed by atoms with van der Waals surface area (Å²) in [6, 6.07) is 12.6. The van der Waals surface area contributed by atoms with Gasteiger partial charge < -0.3 is 10.7 Å². The van der Waals surface area contributed by atoms with E-state index >= 15 is 0 Å². The topological polar surface area (TPSA) is 63.8 Å². The lowest BCUT2D eigenvalue weighted by Crippen LogP contribution is -2.19. The number of nitrogens with zero attached hydrogens (tertiary/aromatic N) is 1. The number of hydrogen-bond donors (Lipinski definition) is 2. The molecule has 7 heteroatoms. The van der Waals surface area contributed by atoms with Gasteiger partial charge in [0.25, 0.3) is 5.56 Å². The summed E-state index contributed by atoms with van der Waals surface area (Å²) in [4.78, 5) is 16.5. The number of nitrogens with two attached hydrogens (primary N) is 1. The van der Waals surface area contributed by atoms with E-state index in [1.54, 1.807) is 29.8 Å².